The number of nitrogens with one attached hydrogen (secondary N) is 1. The summed E-state index contributed by atoms with van der Waals surface area (Å²) in [4.78, 5) is 2.45. The van der Waals surface area contributed by atoms with Gasteiger partial charge < -0.3 is 10.4 Å². The van der Waals surface area contributed by atoms with E-state index in [9.17, 15) is 5.11 Å². The van der Waals surface area contributed by atoms with E-state index < -0.39 is 0 Å². The molecule has 0 saturated carbocycles. The van der Waals surface area contributed by atoms with Crippen LogP contribution in [-0.4, -0.2) is 48.8 Å². The monoisotopic (exact) mass is 200 g/mol. The zero-order valence-electron chi connectivity index (χ0n) is 9.34. The second kappa shape index (κ2) is 7.21. The van der Waals surface area contributed by atoms with Crippen molar-refractivity contribution in [2.24, 2.45) is 0 Å². The maximum Gasteiger partial charge on any atom is 0.0586 e. The number of hydrogen-bond donors (Lipinski definition) is 2. The van der Waals surface area contributed by atoms with Crippen LogP contribution in [0.5, 0.6) is 0 Å². The first-order valence-electron chi connectivity index (χ1n) is 5.94. The molecule has 3 nitrogen and oxygen atoms in total. The molecule has 1 rings (SSSR count). The molecule has 2 N–H and O–H groups in total. The maximum absolute atomic E-state index is 9.21. The molecule has 0 radical (unpaired) electrons. The minimum atomic E-state index is 0.335. The number of likely N-dealkylation sites (tertiary alicyclic amines) is 1. The van der Waals surface area contributed by atoms with Crippen molar-refractivity contribution in [2.45, 2.75) is 38.6 Å². The molecule has 84 valence electrons. The van der Waals surface area contributed by atoms with E-state index in [-0.39, 0.29) is 0 Å². The summed E-state index contributed by atoms with van der Waals surface area (Å²) in [5.41, 5.74) is 0. The molecule has 14 heavy (non-hydrogen) atoms. The average molecular weight is 200 g/mol. The zero-order valence-corrected chi connectivity index (χ0v) is 9.34. The SMILES string of the molecule is CCNCCCN1CCCCC1CO. The lowest BCUT2D eigenvalue weighted by Crippen LogP contribution is -2.42. The molecule has 1 atom stereocenters. The lowest BCUT2D eigenvalue weighted by Gasteiger charge is -2.34. The Morgan fingerprint density at radius 1 is 1.43 bits per heavy atom. The number of aliphatic hydroxyl groups excluding tert-OH is 1. The fourth-order valence-corrected chi connectivity index (χ4v) is 2.15. The van der Waals surface area contributed by atoms with E-state index >= 15 is 0 Å². The van der Waals surface area contributed by atoms with Gasteiger partial charge in [0.05, 0.1) is 6.61 Å². The van der Waals surface area contributed by atoms with Gasteiger partial charge in [0.15, 0.2) is 0 Å². The molecule has 1 aliphatic rings. The summed E-state index contributed by atoms with van der Waals surface area (Å²) in [6.45, 7) is 6.95. The molecule has 0 aromatic rings. The van der Waals surface area contributed by atoms with E-state index in [1.165, 1.54) is 32.2 Å². The highest BCUT2D eigenvalue weighted by molar-refractivity contribution is 4.76. The van der Waals surface area contributed by atoms with E-state index in [1.54, 1.807) is 0 Å². The third-order valence-corrected chi connectivity index (χ3v) is 3.01. The van der Waals surface area contributed by atoms with Crippen molar-refractivity contribution in [3.05, 3.63) is 0 Å². The van der Waals surface area contributed by atoms with Crippen molar-refractivity contribution in [3.8, 4) is 0 Å². The fraction of sp³-hybridized carbons (Fsp3) is 1.00. The molecular weight excluding hydrogens is 176 g/mol. The molecule has 0 aromatic carbocycles. The Morgan fingerprint density at radius 2 is 2.29 bits per heavy atom. The Hall–Kier alpha value is -0.120. The van der Waals surface area contributed by atoms with Crippen LogP contribution in [0.25, 0.3) is 0 Å². The van der Waals surface area contributed by atoms with Crippen molar-refractivity contribution in [1.82, 2.24) is 10.2 Å². The third kappa shape index (κ3) is 3.95. The van der Waals surface area contributed by atoms with Gasteiger partial charge >= 0.3 is 0 Å². The van der Waals surface area contributed by atoms with Crippen LogP contribution in [-0.2, 0) is 0 Å². The minimum absolute atomic E-state index is 0.335. The summed E-state index contributed by atoms with van der Waals surface area (Å²) in [6.07, 6.45) is 4.97. The van der Waals surface area contributed by atoms with Gasteiger partial charge in [-0.15, -0.1) is 0 Å². The van der Waals surface area contributed by atoms with Crippen molar-refractivity contribution in [3.63, 3.8) is 0 Å². The quantitative estimate of drug-likeness (QED) is 0.624. The van der Waals surface area contributed by atoms with Crippen LogP contribution in [0, 0.1) is 0 Å². The van der Waals surface area contributed by atoms with E-state index in [4.69, 9.17) is 0 Å². The van der Waals surface area contributed by atoms with Gasteiger partial charge in [0.1, 0.15) is 0 Å². The van der Waals surface area contributed by atoms with Gasteiger partial charge in [-0.2, -0.15) is 0 Å². The van der Waals surface area contributed by atoms with Gasteiger partial charge in [0.2, 0.25) is 0 Å². The van der Waals surface area contributed by atoms with Crippen molar-refractivity contribution in [1.29, 1.82) is 0 Å². The highest BCUT2D eigenvalue weighted by atomic mass is 16.3. The Kier molecular flexibility index (Phi) is 6.15. The molecule has 3 heteroatoms. The molecule has 1 fully saturated rings. The highest BCUT2D eigenvalue weighted by Gasteiger charge is 2.20. The molecule has 0 amide bonds. The predicted molar refractivity (Wildman–Crippen MR) is 59.5 cm³/mol. The van der Waals surface area contributed by atoms with E-state index in [0.717, 1.165) is 19.6 Å². The molecule has 0 aromatic heterocycles. The zero-order chi connectivity index (χ0) is 10.2. The van der Waals surface area contributed by atoms with Crippen molar-refractivity contribution < 1.29 is 5.11 Å². The summed E-state index contributed by atoms with van der Waals surface area (Å²) in [5.74, 6) is 0. The summed E-state index contributed by atoms with van der Waals surface area (Å²) < 4.78 is 0. The number of aliphatic hydroxyl groups is 1. The number of rotatable bonds is 6. The van der Waals surface area contributed by atoms with E-state index in [2.05, 4.69) is 17.1 Å². The number of hydrogen-bond acceptors (Lipinski definition) is 3. The number of nitrogens with zero attached hydrogens (tertiary/aromatic N) is 1. The summed E-state index contributed by atoms with van der Waals surface area (Å²) in [6, 6.07) is 0.436. The second-order valence-electron chi connectivity index (χ2n) is 4.08. The molecule has 1 aliphatic heterocycles. The molecule has 1 unspecified atom stereocenters. The Balaban J connectivity index is 2.13. The van der Waals surface area contributed by atoms with E-state index in [1.807, 2.05) is 0 Å². The molecule has 0 spiro atoms. The van der Waals surface area contributed by atoms with Crippen LogP contribution in [0.3, 0.4) is 0 Å². The highest BCUT2D eigenvalue weighted by Crippen LogP contribution is 2.16. The maximum atomic E-state index is 9.21. The Labute approximate surface area is 87.5 Å². The number of piperidine rings is 1. The van der Waals surface area contributed by atoms with Crippen molar-refractivity contribution >= 4 is 0 Å². The summed E-state index contributed by atoms with van der Waals surface area (Å²) >= 11 is 0. The Bertz CT molecular complexity index is 141. The summed E-state index contributed by atoms with van der Waals surface area (Å²) in [7, 11) is 0. The lowest BCUT2D eigenvalue weighted by molar-refractivity contribution is 0.0893. The molecule has 0 bridgehead atoms. The van der Waals surface area contributed by atoms with Crippen LogP contribution >= 0.6 is 0 Å². The first-order chi connectivity index (χ1) is 6.88. The van der Waals surface area contributed by atoms with Crippen LogP contribution in [0.4, 0.5) is 0 Å². The summed E-state index contributed by atoms with van der Waals surface area (Å²) in [5, 5.41) is 12.5. The third-order valence-electron chi connectivity index (χ3n) is 3.01. The predicted octanol–water partition coefficient (Wildman–Crippen LogP) is 0.833. The van der Waals surface area contributed by atoms with Crippen molar-refractivity contribution in [2.75, 3.05) is 32.8 Å². The largest absolute Gasteiger partial charge is 0.395 e. The van der Waals surface area contributed by atoms with Crippen LogP contribution < -0.4 is 5.32 Å². The average Bonchev–Trinajstić information content (AvgIpc) is 2.25. The molecular formula is C11H24N2O. The van der Waals surface area contributed by atoms with Gasteiger partial charge in [0, 0.05) is 6.04 Å². The molecule has 0 aliphatic carbocycles. The van der Waals surface area contributed by atoms with E-state index in [0.29, 0.717) is 12.6 Å². The standard InChI is InChI=1S/C11H24N2O/c1-2-12-7-5-9-13-8-4-3-6-11(13)10-14/h11-12,14H,2-10H2,1H3. The van der Waals surface area contributed by atoms with Crippen LogP contribution in [0.1, 0.15) is 32.6 Å². The van der Waals surface area contributed by atoms with Crippen LogP contribution in [0.2, 0.25) is 0 Å². The first kappa shape index (κ1) is 12.0. The second-order valence-corrected chi connectivity index (χ2v) is 4.08. The minimum Gasteiger partial charge on any atom is -0.395 e. The Morgan fingerprint density at radius 3 is 3.00 bits per heavy atom. The normalized spacial score (nSPS) is 24.0. The van der Waals surface area contributed by atoms with Crippen LogP contribution in [0.15, 0.2) is 0 Å². The van der Waals surface area contributed by atoms with Gasteiger partial charge in [-0.05, 0) is 45.4 Å². The van der Waals surface area contributed by atoms with Gasteiger partial charge in [0.25, 0.3) is 0 Å². The van der Waals surface area contributed by atoms with Gasteiger partial charge in [-0.1, -0.05) is 13.3 Å². The molecule has 1 heterocycles. The lowest BCUT2D eigenvalue weighted by atomic mass is 10.0. The van der Waals surface area contributed by atoms with Gasteiger partial charge in [-0.25, -0.2) is 0 Å². The van der Waals surface area contributed by atoms with Gasteiger partial charge in [-0.3, -0.25) is 4.90 Å². The fourth-order valence-electron chi connectivity index (χ4n) is 2.15. The smallest absolute Gasteiger partial charge is 0.0586 e. The molecule has 1 saturated heterocycles. The first-order valence-corrected chi connectivity index (χ1v) is 5.94. The topological polar surface area (TPSA) is 35.5 Å².